The van der Waals surface area contributed by atoms with Crippen LogP contribution >= 0.6 is 0 Å². The third-order valence-corrected chi connectivity index (χ3v) is 4.72. The van der Waals surface area contributed by atoms with Crippen molar-refractivity contribution in [1.82, 2.24) is 9.97 Å². The maximum Gasteiger partial charge on any atom is 0.262 e. The molecule has 0 atom stereocenters. The molecule has 0 aliphatic carbocycles. The fourth-order valence-corrected chi connectivity index (χ4v) is 3.13. The standard InChI is InChI=1S/C26H25N5O2/c1-18-8-10-20(11-9-18)29-24-16-25(28-19(2)27-24)30-21-12-14-22(15-13-21)31-26(32)17-33-23-6-4-3-5-7-23/h3-16H,17H2,1-2H3,(H,31,32)(H2,27,28,29,30). The Morgan fingerprint density at radius 2 is 1.30 bits per heavy atom. The molecule has 0 bridgehead atoms. The number of para-hydroxylation sites is 1. The lowest BCUT2D eigenvalue weighted by Crippen LogP contribution is -2.20. The lowest BCUT2D eigenvalue weighted by Gasteiger charge is -2.11. The number of benzene rings is 3. The van der Waals surface area contributed by atoms with Crippen molar-refractivity contribution in [3.8, 4) is 5.75 Å². The van der Waals surface area contributed by atoms with Crippen LogP contribution in [0.15, 0.2) is 84.9 Å². The quantitative estimate of drug-likeness (QED) is 0.331. The molecule has 33 heavy (non-hydrogen) atoms. The number of hydrogen-bond donors (Lipinski definition) is 3. The number of ether oxygens (including phenoxy) is 1. The number of carbonyl (C=O) groups excluding carboxylic acids is 1. The highest BCUT2D eigenvalue weighted by Gasteiger charge is 2.06. The van der Waals surface area contributed by atoms with E-state index in [9.17, 15) is 4.79 Å². The Morgan fingerprint density at radius 3 is 1.91 bits per heavy atom. The molecular weight excluding hydrogens is 414 g/mol. The third-order valence-electron chi connectivity index (χ3n) is 4.72. The number of rotatable bonds is 8. The van der Waals surface area contributed by atoms with E-state index in [0.29, 0.717) is 28.9 Å². The largest absolute Gasteiger partial charge is 0.484 e. The van der Waals surface area contributed by atoms with Gasteiger partial charge in [-0.15, -0.1) is 0 Å². The molecular formula is C26H25N5O2. The fraction of sp³-hybridized carbons (Fsp3) is 0.115. The minimum atomic E-state index is -0.224. The van der Waals surface area contributed by atoms with Crippen LogP contribution in [0, 0.1) is 13.8 Å². The SMILES string of the molecule is Cc1ccc(Nc2cc(Nc3ccc(NC(=O)COc4ccccc4)cc3)nc(C)n2)cc1. The van der Waals surface area contributed by atoms with Crippen LogP contribution in [0.5, 0.6) is 5.75 Å². The molecule has 0 saturated carbocycles. The Kier molecular flexibility index (Phi) is 6.80. The van der Waals surface area contributed by atoms with Crippen molar-refractivity contribution < 1.29 is 9.53 Å². The fourth-order valence-electron chi connectivity index (χ4n) is 3.13. The summed E-state index contributed by atoms with van der Waals surface area (Å²) >= 11 is 0. The van der Waals surface area contributed by atoms with E-state index in [0.717, 1.165) is 11.4 Å². The average Bonchev–Trinajstić information content (AvgIpc) is 2.81. The molecule has 1 heterocycles. The first-order valence-corrected chi connectivity index (χ1v) is 10.6. The van der Waals surface area contributed by atoms with Crippen molar-refractivity contribution in [2.45, 2.75) is 13.8 Å². The van der Waals surface area contributed by atoms with Gasteiger partial charge in [-0.2, -0.15) is 0 Å². The Balaban J connectivity index is 1.35. The highest BCUT2D eigenvalue weighted by Crippen LogP contribution is 2.22. The monoisotopic (exact) mass is 439 g/mol. The van der Waals surface area contributed by atoms with Gasteiger partial charge in [-0.05, 0) is 62.4 Å². The number of hydrogen-bond acceptors (Lipinski definition) is 6. The van der Waals surface area contributed by atoms with Crippen LogP contribution in [-0.4, -0.2) is 22.5 Å². The summed E-state index contributed by atoms with van der Waals surface area (Å²) in [6.07, 6.45) is 0. The van der Waals surface area contributed by atoms with Crippen molar-refractivity contribution in [2.75, 3.05) is 22.6 Å². The van der Waals surface area contributed by atoms with Crippen molar-refractivity contribution in [2.24, 2.45) is 0 Å². The molecule has 0 aliphatic rings. The van der Waals surface area contributed by atoms with E-state index in [-0.39, 0.29) is 12.5 Å². The predicted octanol–water partition coefficient (Wildman–Crippen LogP) is 5.60. The van der Waals surface area contributed by atoms with E-state index in [2.05, 4.69) is 32.8 Å². The average molecular weight is 440 g/mol. The number of aryl methyl sites for hydroxylation is 2. The van der Waals surface area contributed by atoms with Gasteiger partial charge in [0.1, 0.15) is 23.2 Å². The Bertz CT molecular complexity index is 1210. The highest BCUT2D eigenvalue weighted by atomic mass is 16.5. The summed E-state index contributed by atoms with van der Waals surface area (Å²) < 4.78 is 5.47. The smallest absolute Gasteiger partial charge is 0.262 e. The van der Waals surface area contributed by atoms with Crippen molar-refractivity contribution in [3.05, 3.63) is 96.3 Å². The number of aromatic nitrogens is 2. The zero-order chi connectivity index (χ0) is 23.0. The predicted molar refractivity (Wildman–Crippen MR) is 132 cm³/mol. The van der Waals surface area contributed by atoms with Crippen molar-refractivity contribution in [3.63, 3.8) is 0 Å². The van der Waals surface area contributed by atoms with Gasteiger partial charge in [0, 0.05) is 23.1 Å². The summed E-state index contributed by atoms with van der Waals surface area (Å²) in [5.74, 6) is 2.46. The van der Waals surface area contributed by atoms with E-state index < -0.39 is 0 Å². The van der Waals surface area contributed by atoms with Crippen LogP contribution in [0.4, 0.5) is 28.7 Å². The first-order chi connectivity index (χ1) is 16.0. The van der Waals surface area contributed by atoms with Gasteiger partial charge in [-0.25, -0.2) is 9.97 Å². The van der Waals surface area contributed by atoms with E-state index in [1.165, 1.54) is 5.56 Å². The molecule has 0 aliphatic heterocycles. The second kappa shape index (κ2) is 10.3. The van der Waals surface area contributed by atoms with Crippen molar-refractivity contribution in [1.29, 1.82) is 0 Å². The van der Waals surface area contributed by atoms with E-state index in [1.807, 2.05) is 91.9 Å². The summed E-state index contributed by atoms with van der Waals surface area (Å²) in [6, 6.07) is 26.6. The van der Waals surface area contributed by atoms with Crippen LogP contribution in [0.25, 0.3) is 0 Å². The van der Waals surface area contributed by atoms with Gasteiger partial charge in [-0.3, -0.25) is 4.79 Å². The molecule has 0 spiro atoms. The number of anilines is 5. The molecule has 1 amide bonds. The van der Waals surface area contributed by atoms with Gasteiger partial charge in [0.25, 0.3) is 5.91 Å². The van der Waals surface area contributed by atoms with Gasteiger partial charge in [0.05, 0.1) is 0 Å². The normalized spacial score (nSPS) is 10.4. The maximum atomic E-state index is 12.1. The molecule has 0 radical (unpaired) electrons. The molecule has 3 N–H and O–H groups in total. The van der Waals surface area contributed by atoms with Crippen LogP contribution in [-0.2, 0) is 4.79 Å². The van der Waals surface area contributed by atoms with Gasteiger partial charge >= 0.3 is 0 Å². The molecule has 4 rings (SSSR count). The van der Waals surface area contributed by atoms with Gasteiger partial charge in [0.15, 0.2) is 6.61 Å². The Morgan fingerprint density at radius 1 is 0.758 bits per heavy atom. The second-order valence-electron chi connectivity index (χ2n) is 7.53. The molecule has 7 heteroatoms. The summed E-state index contributed by atoms with van der Waals surface area (Å²) in [5, 5.41) is 9.41. The first kappa shape index (κ1) is 21.8. The molecule has 0 saturated heterocycles. The topological polar surface area (TPSA) is 88.2 Å². The van der Waals surface area contributed by atoms with E-state index >= 15 is 0 Å². The minimum Gasteiger partial charge on any atom is -0.484 e. The molecule has 3 aromatic carbocycles. The highest BCUT2D eigenvalue weighted by molar-refractivity contribution is 5.92. The Labute approximate surface area is 192 Å². The molecule has 0 unspecified atom stereocenters. The first-order valence-electron chi connectivity index (χ1n) is 10.6. The van der Waals surface area contributed by atoms with E-state index in [4.69, 9.17) is 4.74 Å². The van der Waals surface area contributed by atoms with Crippen LogP contribution in [0.3, 0.4) is 0 Å². The number of nitrogens with zero attached hydrogens (tertiary/aromatic N) is 2. The van der Waals surface area contributed by atoms with Crippen molar-refractivity contribution >= 4 is 34.6 Å². The maximum absolute atomic E-state index is 12.1. The molecule has 4 aromatic rings. The number of carbonyl (C=O) groups is 1. The zero-order valence-electron chi connectivity index (χ0n) is 18.5. The molecule has 166 valence electrons. The number of nitrogens with one attached hydrogen (secondary N) is 3. The second-order valence-corrected chi connectivity index (χ2v) is 7.53. The number of amides is 1. The van der Waals surface area contributed by atoms with Crippen LogP contribution < -0.4 is 20.7 Å². The zero-order valence-corrected chi connectivity index (χ0v) is 18.5. The van der Waals surface area contributed by atoms with Gasteiger partial charge < -0.3 is 20.7 Å². The third kappa shape index (κ3) is 6.54. The lowest BCUT2D eigenvalue weighted by molar-refractivity contribution is -0.118. The molecule has 7 nitrogen and oxygen atoms in total. The van der Waals surface area contributed by atoms with Crippen LogP contribution in [0.1, 0.15) is 11.4 Å². The van der Waals surface area contributed by atoms with Gasteiger partial charge in [0.2, 0.25) is 0 Å². The summed E-state index contributed by atoms with van der Waals surface area (Å²) in [4.78, 5) is 21.0. The summed E-state index contributed by atoms with van der Waals surface area (Å²) in [7, 11) is 0. The lowest BCUT2D eigenvalue weighted by atomic mass is 10.2. The Hall–Kier alpha value is -4.39. The summed E-state index contributed by atoms with van der Waals surface area (Å²) in [6.45, 7) is 3.85. The molecule has 0 fully saturated rings. The summed E-state index contributed by atoms with van der Waals surface area (Å²) in [5.41, 5.74) is 3.68. The van der Waals surface area contributed by atoms with Gasteiger partial charge in [-0.1, -0.05) is 35.9 Å². The minimum absolute atomic E-state index is 0.0546. The van der Waals surface area contributed by atoms with E-state index in [1.54, 1.807) is 0 Å². The van der Waals surface area contributed by atoms with Crippen LogP contribution in [0.2, 0.25) is 0 Å². The molecule has 1 aromatic heterocycles.